The van der Waals surface area contributed by atoms with E-state index in [1.165, 1.54) is 38.5 Å². The minimum Gasteiger partial charge on any atom is -0.462 e. The van der Waals surface area contributed by atoms with Gasteiger partial charge >= 0.3 is 5.97 Å². The zero-order valence-electron chi connectivity index (χ0n) is 18.6. The van der Waals surface area contributed by atoms with Gasteiger partial charge in [0.2, 0.25) is 0 Å². The van der Waals surface area contributed by atoms with Crippen molar-refractivity contribution in [3.8, 4) is 0 Å². The number of fused-ring (bicyclic) bond motifs is 1. The molecule has 0 aliphatic heterocycles. The Kier molecular flexibility index (Phi) is 7.28. The van der Waals surface area contributed by atoms with Gasteiger partial charge in [-0.3, -0.25) is 4.79 Å². The predicted octanol–water partition coefficient (Wildman–Crippen LogP) is 6.92. The van der Waals surface area contributed by atoms with E-state index >= 15 is 0 Å². The quantitative estimate of drug-likeness (QED) is 0.370. The molecular formula is C26H35F3O2. The highest BCUT2D eigenvalue weighted by Gasteiger charge is 2.35. The van der Waals surface area contributed by atoms with Crippen molar-refractivity contribution in [3.63, 3.8) is 0 Å². The second-order valence-corrected chi connectivity index (χ2v) is 10.1. The zero-order chi connectivity index (χ0) is 22.0. The summed E-state index contributed by atoms with van der Waals surface area (Å²) in [6.45, 7) is 2.27. The summed E-state index contributed by atoms with van der Waals surface area (Å²) in [4.78, 5) is 12.7. The normalized spacial score (nSPS) is 31.2. The van der Waals surface area contributed by atoms with E-state index < -0.39 is 17.5 Å². The lowest BCUT2D eigenvalue weighted by molar-refractivity contribution is -0.156. The van der Waals surface area contributed by atoms with Gasteiger partial charge in [0.05, 0.1) is 5.92 Å². The van der Waals surface area contributed by atoms with E-state index in [0.29, 0.717) is 12.0 Å². The Bertz CT molecular complexity index is 777. The molecule has 1 aromatic rings. The Hall–Kier alpha value is -1.52. The molecule has 1 unspecified atom stereocenters. The van der Waals surface area contributed by atoms with E-state index in [1.807, 2.05) is 0 Å². The minimum absolute atomic E-state index is 0.0595. The van der Waals surface area contributed by atoms with Crippen LogP contribution in [0.15, 0.2) is 6.07 Å². The molecular weight excluding hydrogens is 401 g/mol. The highest BCUT2D eigenvalue weighted by atomic mass is 19.2. The molecule has 0 spiro atoms. The number of halogens is 3. The highest BCUT2D eigenvalue weighted by molar-refractivity contribution is 5.72. The lowest BCUT2D eigenvalue weighted by Gasteiger charge is -2.37. The first-order valence-corrected chi connectivity index (χ1v) is 12.3. The van der Waals surface area contributed by atoms with E-state index in [-0.39, 0.29) is 36.4 Å². The molecule has 0 radical (unpaired) electrons. The molecule has 3 aliphatic rings. The van der Waals surface area contributed by atoms with E-state index in [2.05, 4.69) is 6.92 Å². The van der Waals surface area contributed by atoms with Gasteiger partial charge < -0.3 is 4.74 Å². The van der Waals surface area contributed by atoms with Crippen molar-refractivity contribution >= 4 is 5.97 Å². The van der Waals surface area contributed by atoms with E-state index in [0.717, 1.165) is 49.5 Å². The van der Waals surface area contributed by atoms with Gasteiger partial charge in [0, 0.05) is 6.42 Å². The van der Waals surface area contributed by atoms with E-state index in [4.69, 9.17) is 4.74 Å². The van der Waals surface area contributed by atoms with Crippen molar-refractivity contribution in [1.29, 1.82) is 0 Å². The third-order valence-electron chi connectivity index (χ3n) is 8.16. The molecule has 2 saturated carbocycles. The molecule has 4 rings (SSSR count). The molecule has 1 atom stereocenters. The predicted molar refractivity (Wildman–Crippen MR) is 114 cm³/mol. The van der Waals surface area contributed by atoms with Crippen LogP contribution in [0.3, 0.4) is 0 Å². The monoisotopic (exact) mass is 436 g/mol. The van der Waals surface area contributed by atoms with Crippen molar-refractivity contribution in [1.82, 2.24) is 0 Å². The molecule has 0 heterocycles. The van der Waals surface area contributed by atoms with Crippen molar-refractivity contribution in [2.24, 2.45) is 23.7 Å². The first-order valence-electron chi connectivity index (χ1n) is 12.3. The standard InChI is InChI=1S/C26H35F3O2/c1-2-3-16-4-6-17(7-5-16)18-8-10-19(11-9-18)26(30)31-21-12-13-22-20(14-21)15-23(27)25(29)24(22)28/h15-19,21H,2-14H2,1H3. The third kappa shape index (κ3) is 5.12. The van der Waals surface area contributed by atoms with Gasteiger partial charge in [0.15, 0.2) is 17.5 Å². The molecule has 3 aliphatic carbocycles. The summed E-state index contributed by atoms with van der Waals surface area (Å²) in [6.07, 6.45) is 12.7. The van der Waals surface area contributed by atoms with Crippen LogP contribution in [-0.4, -0.2) is 12.1 Å². The largest absolute Gasteiger partial charge is 0.462 e. The van der Waals surface area contributed by atoms with Crippen LogP contribution in [0.25, 0.3) is 0 Å². The fraction of sp³-hybridized carbons (Fsp3) is 0.731. The molecule has 0 N–H and O–H groups in total. The number of hydrogen-bond donors (Lipinski definition) is 0. The number of carbonyl (C=O) groups excluding carboxylic acids is 1. The molecule has 0 saturated heterocycles. The summed E-state index contributed by atoms with van der Waals surface area (Å²) >= 11 is 0. The van der Waals surface area contributed by atoms with E-state index in [9.17, 15) is 18.0 Å². The summed E-state index contributed by atoms with van der Waals surface area (Å²) in [7, 11) is 0. The molecule has 0 bridgehead atoms. The molecule has 0 aromatic heterocycles. The number of ether oxygens (including phenoxy) is 1. The maximum absolute atomic E-state index is 14.0. The lowest BCUT2D eigenvalue weighted by Crippen LogP contribution is -2.33. The van der Waals surface area contributed by atoms with Crippen LogP contribution >= 0.6 is 0 Å². The van der Waals surface area contributed by atoms with Gasteiger partial charge in [-0.05, 0) is 86.3 Å². The number of hydrogen-bond acceptors (Lipinski definition) is 2. The number of rotatable bonds is 5. The first kappa shape index (κ1) is 22.7. The van der Waals surface area contributed by atoms with Crippen LogP contribution in [0, 0.1) is 41.1 Å². The highest BCUT2D eigenvalue weighted by Crippen LogP contribution is 2.42. The van der Waals surface area contributed by atoms with Gasteiger partial charge in [0.25, 0.3) is 0 Å². The second kappa shape index (κ2) is 9.95. The molecule has 0 amide bonds. The summed E-state index contributed by atoms with van der Waals surface area (Å²) in [5, 5.41) is 0. The number of benzene rings is 1. The Morgan fingerprint density at radius 1 is 0.935 bits per heavy atom. The summed E-state index contributed by atoms with van der Waals surface area (Å²) in [5.41, 5.74) is 0.642. The SMILES string of the molecule is CCCC1CCC(C2CCC(C(=O)OC3CCc4c(cc(F)c(F)c4F)C3)CC2)CC1. The molecule has 1 aromatic carbocycles. The maximum Gasteiger partial charge on any atom is 0.309 e. The van der Waals surface area contributed by atoms with E-state index in [1.54, 1.807) is 0 Å². The van der Waals surface area contributed by atoms with Crippen LogP contribution in [-0.2, 0) is 22.4 Å². The summed E-state index contributed by atoms with van der Waals surface area (Å²) in [6, 6.07) is 1.05. The van der Waals surface area contributed by atoms with Crippen molar-refractivity contribution in [3.05, 3.63) is 34.6 Å². The second-order valence-electron chi connectivity index (χ2n) is 10.1. The van der Waals surface area contributed by atoms with Gasteiger partial charge in [-0.25, -0.2) is 13.2 Å². The zero-order valence-corrected chi connectivity index (χ0v) is 18.6. The first-order chi connectivity index (χ1) is 15.0. The smallest absolute Gasteiger partial charge is 0.309 e. The van der Waals surface area contributed by atoms with Gasteiger partial charge in [-0.2, -0.15) is 0 Å². The van der Waals surface area contributed by atoms with Crippen molar-refractivity contribution in [2.75, 3.05) is 0 Å². The molecule has 31 heavy (non-hydrogen) atoms. The number of carbonyl (C=O) groups is 1. The Morgan fingerprint density at radius 3 is 2.23 bits per heavy atom. The third-order valence-corrected chi connectivity index (χ3v) is 8.16. The Balaban J connectivity index is 1.25. The van der Waals surface area contributed by atoms with Crippen molar-refractivity contribution in [2.45, 2.75) is 96.5 Å². The van der Waals surface area contributed by atoms with Crippen LogP contribution in [0.5, 0.6) is 0 Å². The van der Waals surface area contributed by atoms with Crippen molar-refractivity contribution < 1.29 is 22.7 Å². The Morgan fingerprint density at radius 2 is 1.58 bits per heavy atom. The average molecular weight is 437 g/mol. The van der Waals surface area contributed by atoms with Gasteiger partial charge in [0.1, 0.15) is 6.10 Å². The van der Waals surface area contributed by atoms with Crippen LogP contribution < -0.4 is 0 Å². The minimum atomic E-state index is -1.41. The van der Waals surface area contributed by atoms with Crippen LogP contribution in [0.2, 0.25) is 0 Å². The average Bonchev–Trinajstić information content (AvgIpc) is 2.78. The molecule has 2 nitrogen and oxygen atoms in total. The summed E-state index contributed by atoms with van der Waals surface area (Å²) in [5.74, 6) is -1.42. The maximum atomic E-state index is 14.0. The van der Waals surface area contributed by atoms with Gasteiger partial charge in [-0.15, -0.1) is 0 Å². The molecule has 5 heteroatoms. The van der Waals surface area contributed by atoms with Gasteiger partial charge in [-0.1, -0.05) is 32.6 Å². The Labute approximate surface area is 183 Å². The van der Waals surface area contributed by atoms with Crippen LogP contribution in [0.1, 0.15) is 88.7 Å². The lowest BCUT2D eigenvalue weighted by atomic mass is 9.69. The molecule has 2 fully saturated rings. The molecule has 172 valence electrons. The summed E-state index contributed by atoms with van der Waals surface area (Å²) < 4.78 is 46.7. The fourth-order valence-corrected chi connectivity index (χ4v) is 6.33. The van der Waals surface area contributed by atoms with Crippen LogP contribution in [0.4, 0.5) is 13.2 Å². The number of esters is 1. The fourth-order valence-electron chi connectivity index (χ4n) is 6.33. The topological polar surface area (TPSA) is 26.3 Å².